The second-order valence-corrected chi connectivity index (χ2v) is 5.27. The Morgan fingerprint density at radius 3 is 2.90 bits per heavy atom. The number of hydrogen-bond acceptors (Lipinski definition) is 4. The molecular formula is C14H16BrN3O2. The van der Waals surface area contributed by atoms with E-state index in [1.807, 2.05) is 38.1 Å². The molecule has 0 bridgehead atoms. The third-order valence-corrected chi connectivity index (χ3v) is 3.38. The van der Waals surface area contributed by atoms with Gasteiger partial charge in [0, 0.05) is 16.5 Å². The number of halogens is 1. The summed E-state index contributed by atoms with van der Waals surface area (Å²) < 4.78 is 6.22. The fraction of sp³-hybridized carbons (Fsp3) is 0.357. The van der Waals surface area contributed by atoms with Crippen LogP contribution in [-0.2, 0) is 4.79 Å². The van der Waals surface area contributed by atoms with Gasteiger partial charge in [-0.1, -0.05) is 41.0 Å². The summed E-state index contributed by atoms with van der Waals surface area (Å²) in [6.07, 6.45) is 1.15. The molecule has 0 aliphatic rings. The molecule has 1 atom stereocenters. The van der Waals surface area contributed by atoms with Crippen LogP contribution < -0.4 is 5.32 Å². The quantitative estimate of drug-likeness (QED) is 0.906. The van der Waals surface area contributed by atoms with E-state index in [-0.39, 0.29) is 11.9 Å². The molecule has 1 aromatic carbocycles. The van der Waals surface area contributed by atoms with Crippen LogP contribution in [0.25, 0.3) is 11.5 Å². The Balaban J connectivity index is 2.21. The van der Waals surface area contributed by atoms with E-state index in [2.05, 4.69) is 31.4 Å². The smallest absolute Gasteiger partial charge is 0.258 e. The summed E-state index contributed by atoms with van der Waals surface area (Å²) in [6.45, 7) is 3.78. The fourth-order valence-corrected chi connectivity index (χ4v) is 2.16. The van der Waals surface area contributed by atoms with Crippen LogP contribution in [0.2, 0.25) is 0 Å². The summed E-state index contributed by atoms with van der Waals surface area (Å²) in [7, 11) is 0. The van der Waals surface area contributed by atoms with Crippen molar-refractivity contribution in [2.24, 2.45) is 0 Å². The lowest BCUT2D eigenvalue weighted by Gasteiger charge is -2.11. The number of carbonyl (C=O) groups excluding carboxylic acids is 1. The highest BCUT2D eigenvalue weighted by molar-refractivity contribution is 9.10. The first kappa shape index (κ1) is 14.7. The summed E-state index contributed by atoms with van der Waals surface area (Å²) in [5.41, 5.74) is 0.842. The molecule has 1 heterocycles. The molecule has 106 valence electrons. The van der Waals surface area contributed by atoms with Crippen molar-refractivity contribution in [3.63, 3.8) is 0 Å². The van der Waals surface area contributed by atoms with E-state index in [0.29, 0.717) is 24.6 Å². The predicted octanol–water partition coefficient (Wildman–Crippen LogP) is 3.48. The summed E-state index contributed by atoms with van der Waals surface area (Å²) in [4.78, 5) is 15.8. The number of benzene rings is 1. The molecule has 0 aliphatic carbocycles. The number of nitrogens with one attached hydrogen (secondary N) is 1. The molecule has 0 spiro atoms. The highest BCUT2D eigenvalue weighted by Crippen LogP contribution is 2.23. The summed E-state index contributed by atoms with van der Waals surface area (Å²) in [5.74, 6) is 0.931. The number of hydrogen-bond donors (Lipinski definition) is 1. The van der Waals surface area contributed by atoms with Crippen molar-refractivity contribution < 1.29 is 9.32 Å². The van der Waals surface area contributed by atoms with Crippen molar-refractivity contribution >= 4 is 21.8 Å². The van der Waals surface area contributed by atoms with Crippen molar-refractivity contribution in [3.05, 3.63) is 34.6 Å². The fourth-order valence-electron chi connectivity index (χ4n) is 1.76. The number of nitrogens with zero attached hydrogens (tertiary/aromatic N) is 2. The molecule has 2 rings (SSSR count). The molecule has 20 heavy (non-hydrogen) atoms. The van der Waals surface area contributed by atoms with Gasteiger partial charge in [0.2, 0.25) is 5.91 Å². The monoisotopic (exact) mass is 337 g/mol. The first-order chi connectivity index (χ1) is 9.63. The molecule has 1 aromatic heterocycles. The third-order valence-electron chi connectivity index (χ3n) is 2.89. The zero-order valence-corrected chi connectivity index (χ0v) is 13.0. The standard InChI is InChI=1S/C14H16BrN3O2/c1-3-11(16-12(19)4-2)13-17-14(20-18-13)9-6-5-7-10(15)8-9/h5-8,11H,3-4H2,1-2H3,(H,16,19). The zero-order chi connectivity index (χ0) is 14.5. The van der Waals surface area contributed by atoms with Crippen LogP contribution in [0.5, 0.6) is 0 Å². The van der Waals surface area contributed by atoms with Crippen LogP contribution in [0.15, 0.2) is 33.3 Å². The van der Waals surface area contributed by atoms with Crippen LogP contribution in [-0.4, -0.2) is 16.0 Å². The lowest BCUT2D eigenvalue weighted by atomic mass is 10.2. The van der Waals surface area contributed by atoms with Gasteiger partial charge in [-0.15, -0.1) is 0 Å². The molecule has 0 aliphatic heterocycles. The summed E-state index contributed by atoms with van der Waals surface area (Å²) >= 11 is 3.40. The largest absolute Gasteiger partial charge is 0.346 e. The highest BCUT2D eigenvalue weighted by Gasteiger charge is 2.18. The first-order valence-electron chi connectivity index (χ1n) is 6.53. The van der Waals surface area contributed by atoms with Crippen molar-refractivity contribution in [2.45, 2.75) is 32.7 Å². The SMILES string of the molecule is CCC(=O)NC(CC)c1noc(-c2cccc(Br)c2)n1. The molecule has 6 heteroatoms. The van der Waals surface area contributed by atoms with E-state index in [1.54, 1.807) is 0 Å². The highest BCUT2D eigenvalue weighted by atomic mass is 79.9. The molecular weight excluding hydrogens is 322 g/mol. The summed E-state index contributed by atoms with van der Waals surface area (Å²) in [5, 5.41) is 6.84. The number of amides is 1. The van der Waals surface area contributed by atoms with Crippen molar-refractivity contribution in [1.29, 1.82) is 0 Å². The minimum atomic E-state index is -0.216. The number of aromatic nitrogens is 2. The minimum Gasteiger partial charge on any atom is -0.346 e. The number of carbonyl (C=O) groups is 1. The molecule has 0 saturated carbocycles. The Kier molecular flexibility index (Phi) is 4.89. The lowest BCUT2D eigenvalue weighted by Crippen LogP contribution is -2.28. The van der Waals surface area contributed by atoms with Crippen molar-refractivity contribution in [2.75, 3.05) is 0 Å². The Morgan fingerprint density at radius 2 is 2.25 bits per heavy atom. The average molecular weight is 338 g/mol. The molecule has 1 amide bonds. The Labute approximate surface area is 125 Å². The third kappa shape index (κ3) is 3.45. The van der Waals surface area contributed by atoms with Crippen LogP contribution in [0, 0.1) is 0 Å². The normalized spacial score (nSPS) is 12.2. The Morgan fingerprint density at radius 1 is 1.45 bits per heavy atom. The zero-order valence-electron chi connectivity index (χ0n) is 11.4. The van der Waals surface area contributed by atoms with Gasteiger partial charge in [-0.3, -0.25) is 4.79 Å². The Hall–Kier alpha value is -1.69. The summed E-state index contributed by atoms with van der Waals surface area (Å²) in [6, 6.07) is 7.42. The van der Waals surface area contributed by atoms with Crippen LogP contribution >= 0.6 is 15.9 Å². The van der Waals surface area contributed by atoms with Gasteiger partial charge in [-0.25, -0.2) is 0 Å². The average Bonchev–Trinajstić information content (AvgIpc) is 2.94. The molecule has 1 unspecified atom stereocenters. The minimum absolute atomic E-state index is 0.0225. The maximum absolute atomic E-state index is 11.5. The maximum Gasteiger partial charge on any atom is 0.258 e. The van der Waals surface area contributed by atoms with Crippen LogP contribution in [0.1, 0.15) is 38.6 Å². The second kappa shape index (κ2) is 6.65. The first-order valence-corrected chi connectivity index (χ1v) is 7.32. The van der Waals surface area contributed by atoms with Gasteiger partial charge in [0.05, 0.1) is 6.04 Å². The topological polar surface area (TPSA) is 68.0 Å². The van der Waals surface area contributed by atoms with Gasteiger partial charge in [0.1, 0.15) is 0 Å². The van der Waals surface area contributed by atoms with E-state index >= 15 is 0 Å². The molecule has 2 aromatic rings. The van der Waals surface area contributed by atoms with Crippen LogP contribution in [0.3, 0.4) is 0 Å². The van der Waals surface area contributed by atoms with Crippen LogP contribution in [0.4, 0.5) is 0 Å². The van der Waals surface area contributed by atoms with Gasteiger partial charge < -0.3 is 9.84 Å². The molecule has 0 saturated heterocycles. The van der Waals surface area contributed by atoms with E-state index in [9.17, 15) is 4.79 Å². The van der Waals surface area contributed by atoms with Gasteiger partial charge in [0.15, 0.2) is 5.82 Å². The van der Waals surface area contributed by atoms with Gasteiger partial charge in [0.25, 0.3) is 5.89 Å². The molecule has 5 nitrogen and oxygen atoms in total. The van der Waals surface area contributed by atoms with Gasteiger partial charge >= 0.3 is 0 Å². The second-order valence-electron chi connectivity index (χ2n) is 4.35. The molecule has 1 N–H and O–H groups in total. The Bertz CT molecular complexity index is 598. The maximum atomic E-state index is 11.5. The van der Waals surface area contributed by atoms with E-state index in [4.69, 9.17) is 4.52 Å². The van der Waals surface area contributed by atoms with Crippen molar-refractivity contribution in [3.8, 4) is 11.5 Å². The van der Waals surface area contributed by atoms with Crippen molar-refractivity contribution in [1.82, 2.24) is 15.5 Å². The lowest BCUT2D eigenvalue weighted by molar-refractivity contribution is -0.121. The molecule has 0 radical (unpaired) electrons. The van der Waals surface area contributed by atoms with Gasteiger partial charge in [-0.05, 0) is 24.6 Å². The van der Waals surface area contributed by atoms with E-state index in [0.717, 1.165) is 10.0 Å². The van der Waals surface area contributed by atoms with E-state index in [1.165, 1.54) is 0 Å². The molecule has 0 fully saturated rings. The predicted molar refractivity (Wildman–Crippen MR) is 78.9 cm³/mol. The van der Waals surface area contributed by atoms with Gasteiger partial charge in [-0.2, -0.15) is 4.98 Å². The van der Waals surface area contributed by atoms with E-state index < -0.39 is 0 Å². The number of rotatable bonds is 5.